The molecule has 0 spiro atoms. The first-order valence-corrected chi connectivity index (χ1v) is 39.3. The van der Waals surface area contributed by atoms with E-state index in [0.29, 0.717) is 139 Å². The van der Waals surface area contributed by atoms with Crippen molar-refractivity contribution in [1.29, 1.82) is 0 Å². The summed E-state index contributed by atoms with van der Waals surface area (Å²) in [6.07, 6.45) is 10.4. The number of unbranched alkanes of at least 4 members (excludes halogenated alkanes) is 5. The normalized spacial score (nSPS) is 9.87. The lowest BCUT2D eigenvalue weighted by Crippen LogP contribution is -2.08. The van der Waals surface area contributed by atoms with E-state index in [-0.39, 0.29) is 23.5 Å². The van der Waals surface area contributed by atoms with Crippen LogP contribution in [0.1, 0.15) is 151 Å². The predicted molar refractivity (Wildman–Crippen MR) is 465 cm³/mol. The van der Waals surface area contributed by atoms with Gasteiger partial charge in [0.15, 0.2) is 0 Å². The first-order chi connectivity index (χ1) is 53.0. The number of benzene rings is 10. The number of carbonyl (C=O) groups is 5. The predicted octanol–water partition coefficient (Wildman–Crippen LogP) is 25.9. The fourth-order valence-corrected chi connectivity index (χ4v) is 10.2. The van der Waals surface area contributed by atoms with Gasteiger partial charge in [0.2, 0.25) is 0 Å². The molecule has 0 saturated heterocycles. The molecule has 0 atom stereocenters. The molecular weight excluding hydrogens is 1690 g/mol. The highest BCUT2D eigenvalue weighted by Crippen LogP contribution is 2.32. The molecule has 15 nitrogen and oxygen atoms in total. The molecule has 0 saturated carbocycles. The maximum absolute atomic E-state index is 12.1. The monoisotopic (exact) mass is 1780 g/mol. The Bertz CT molecular complexity index is 3900. The van der Waals surface area contributed by atoms with Crippen molar-refractivity contribution in [3.63, 3.8) is 0 Å². The van der Waals surface area contributed by atoms with Gasteiger partial charge in [0.05, 0.1) is 86.0 Å². The smallest absolute Gasteiger partial charge is 0.343 e. The van der Waals surface area contributed by atoms with E-state index in [1.54, 1.807) is 212 Å². The third-order valence-corrected chi connectivity index (χ3v) is 19.1. The van der Waals surface area contributed by atoms with Crippen molar-refractivity contribution in [3.05, 3.63) is 265 Å². The third kappa shape index (κ3) is 38.4. The van der Waals surface area contributed by atoms with Crippen LogP contribution in [0, 0.1) is 0 Å². The molecule has 0 N–H and O–H groups in total. The Kier molecular flexibility index (Phi) is 52.2. The van der Waals surface area contributed by atoms with Gasteiger partial charge in [-0.15, -0.1) is 63.1 Å². The van der Waals surface area contributed by atoms with Crippen molar-refractivity contribution in [1.82, 2.24) is 0 Å². The second-order valence-electron chi connectivity index (χ2n) is 23.6. The third-order valence-electron chi connectivity index (χ3n) is 14.9. The van der Waals surface area contributed by atoms with Crippen LogP contribution < -0.4 is 47.4 Å². The first-order valence-electron chi connectivity index (χ1n) is 35.2. The Morgan fingerprint density at radius 1 is 0.226 bits per heavy atom. The number of ether oxygens (including phenoxy) is 10. The molecule has 115 heavy (non-hydrogen) atoms. The minimum Gasteiger partial charge on any atom is -0.494 e. The van der Waals surface area contributed by atoms with Crippen molar-refractivity contribution < 1.29 is 94.9 Å². The number of hydrogen-bond donors (Lipinski definition) is 5. The van der Waals surface area contributed by atoms with Crippen LogP contribution in [-0.2, 0) is 0 Å². The maximum Gasteiger partial charge on any atom is 0.343 e. The second-order valence-corrected chi connectivity index (χ2v) is 28.1. The van der Waals surface area contributed by atoms with E-state index in [4.69, 9.17) is 105 Å². The zero-order valence-electron chi connectivity index (χ0n) is 63.1. The summed E-state index contributed by atoms with van der Waals surface area (Å²) in [4.78, 5) is 63.5. The van der Waals surface area contributed by atoms with E-state index in [2.05, 4.69) is 97.8 Å². The van der Waals surface area contributed by atoms with Gasteiger partial charge in [0.1, 0.15) is 57.5 Å². The van der Waals surface area contributed by atoms with Crippen LogP contribution in [0.2, 0.25) is 25.1 Å². The number of carbonyl (C=O) groups excluding carboxylic acids is 5. The van der Waals surface area contributed by atoms with Gasteiger partial charge in [0, 0.05) is 54.8 Å². The van der Waals surface area contributed by atoms with Crippen molar-refractivity contribution in [2.45, 2.75) is 123 Å². The molecule has 0 unspecified atom stereocenters. The average molecular weight is 1780 g/mol. The Morgan fingerprint density at radius 3 is 0.478 bits per heavy atom. The molecule has 0 aromatic heterocycles. The van der Waals surface area contributed by atoms with E-state index in [1.807, 2.05) is 0 Å². The Labute approximate surface area is 719 Å². The molecule has 0 aliphatic heterocycles. The Balaban J connectivity index is 0.000000711. The number of rotatable bonds is 30. The van der Waals surface area contributed by atoms with E-state index in [0.717, 1.165) is 93.0 Å². The first kappa shape index (κ1) is 104. The summed E-state index contributed by atoms with van der Waals surface area (Å²) in [5.41, 5.74) is 2.26. The van der Waals surface area contributed by atoms with Crippen LogP contribution in [0.25, 0.3) is 0 Å². The summed E-state index contributed by atoms with van der Waals surface area (Å²) < 4.78 is 54.1. The summed E-state index contributed by atoms with van der Waals surface area (Å²) in [6.45, 7) is 13.9. The highest BCUT2D eigenvalue weighted by molar-refractivity contribution is 7.81. The Hall–Kier alpha value is -8.60. The largest absolute Gasteiger partial charge is 0.494 e. The lowest BCUT2D eigenvalue weighted by atomic mass is 10.2. The van der Waals surface area contributed by atoms with Crippen molar-refractivity contribution in [2.24, 2.45) is 0 Å². The minimum absolute atomic E-state index is 0. The van der Waals surface area contributed by atoms with Gasteiger partial charge in [0.25, 0.3) is 0 Å². The van der Waals surface area contributed by atoms with Crippen LogP contribution in [-0.4, -0.2) is 62.9 Å². The van der Waals surface area contributed by atoms with Gasteiger partial charge in [-0.3, -0.25) is 23.5 Å². The zero-order valence-corrected chi connectivity index (χ0v) is 71.4. The molecule has 30 heteroatoms. The van der Waals surface area contributed by atoms with Crippen LogP contribution in [0.4, 0.5) is 23.5 Å². The molecule has 0 aliphatic carbocycles. The maximum atomic E-state index is 12.1. The molecule has 0 radical (unpaired) electrons. The SMILES string of the molecule is CCCCOc1ccc(C(=O)Oc2ccc(S)c(Cl)c2)cc1.CCCCOc1ccc(C(=O)Oc2ccc(S)c(Cl)c2)cc1.CCCCOc1ccc(C(=O)Oc2ccc(S)c(Cl)c2)cc1.CCCCOc1ccc(C(=O)Oc2ccc(S)c(Cl)c2)cc1.CCCCOc1ccc(C(=O)Oc2ccc(S)c(Cl)c2)cc1.F.F.F.F.F. The minimum atomic E-state index is -0.442. The van der Waals surface area contributed by atoms with Gasteiger partial charge in [-0.25, -0.2) is 24.0 Å². The summed E-state index contributed by atoms with van der Waals surface area (Å²) in [6, 6.07) is 58.8. The van der Waals surface area contributed by atoms with E-state index in [1.165, 1.54) is 0 Å². The lowest BCUT2D eigenvalue weighted by Gasteiger charge is -2.07. The van der Waals surface area contributed by atoms with E-state index in [9.17, 15) is 24.0 Å². The molecule has 0 bridgehead atoms. The Morgan fingerprint density at radius 2 is 0.357 bits per heavy atom. The number of halogens is 10. The van der Waals surface area contributed by atoms with Gasteiger partial charge < -0.3 is 47.4 Å². The van der Waals surface area contributed by atoms with Crippen molar-refractivity contribution in [3.8, 4) is 57.5 Å². The zero-order chi connectivity index (χ0) is 79.7. The summed E-state index contributed by atoms with van der Waals surface area (Å²) >= 11 is 50.5. The summed E-state index contributed by atoms with van der Waals surface area (Å²) in [5, 5.41) is 2.19. The highest BCUT2D eigenvalue weighted by atomic mass is 35.5. The van der Waals surface area contributed by atoms with Crippen LogP contribution >= 0.6 is 121 Å². The molecule has 0 heterocycles. The average Bonchev–Trinajstić information content (AvgIpc) is 0.865. The molecule has 10 aromatic carbocycles. The van der Waals surface area contributed by atoms with Crippen LogP contribution in [0.15, 0.2) is 237 Å². The lowest BCUT2D eigenvalue weighted by molar-refractivity contribution is 0.0725. The second kappa shape index (κ2) is 57.5. The highest BCUT2D eigenvalue weighted by Gasteiger charge is 2.16. The summed E-state index contributed by atoms with van der Waals surface area (Å²) in [7, 11) is 0. The van der Waals surface area contributed by atoms with E-state index < -0.39 is 29.8 Å². The van der Waals surface area contributed by atoms with Gasteiger partial charge in [-0.2, -0.15) is 0 Å². The van der Waals surface area contributed by atoms with Gasteiger partial charge in [-0.05, 0) is 214 Å². The van der Waals surface area contributed by atoms with Crippen molar-refractivity contribution >= 4 is 151 Å². The molecule has 620 valence electrons. The number of thiol groups is 5. The van der Waals surface area contributed by atoms with Crippen LogP contribution in [0.5, 0.6) is 57.5 Å². The van der Waals surface area contributed by atoms with Gasteiger partial charge in [-0.1, -0.05) is 125 Å². The number of hydrogen-bond acceptors (Lipinski definition) is 20. The molecule has 10 aromatic rings. The van der Waals surface area contributed by atoms with E-state index >= 15 is 0 Å². The van der Waals surface area contributed by atoms with Gasteiger partial charge >= 0.3 is 29.8 Å². The topological polar surface area (TPSA) is 178 Å². The molecule has 0 fully saturated rings. The molecular formula is C85H90Cl5F5O15S5. The van der Waals surface area contributed by atoms with Crippen LogP contribution in [0.3, 0.4) is 0 Å². The fourth-order valence-electron chi connectivity index (χ4n) is 8.69. The number of esters is 5. The quantitative estimate of drug-likeness (QED) is 0.00944. The molecule has 0 amide bonds. The fraction of sp³-hybridized carbons (Fsp3) is 0.235. The summed E-state index contributed by atoms with van der Waals surface area (Å²) in [5.74, 6) is 3.43. The standard InChI is InChI=1S/5C17H17ClO3S.5FH/c5*1-2-3-10-20-13-6-4-12(5-7-13)17(19)21-14-8-9-16(22)15(18)11-14;;;;;/h5*4-9,11,22H,2-3,10H2,1H3;5*1H. The molecule has 10 rings (SSSR count). The molecule has 0 aliphatic rings. The van der Waals surface area contributed by atoms with Crippen molar-refractivity contribution in [2.75, 3.05) is 33.0 Å².